The van der Waals surface area contributed by atoms with Gasteiger partial charge in [-0.25, -0.2) is 0 Å². The molecule has 0 bridgehead atoms. The Morgan fingerprint density at radius 1 is 1.33 bits per heavy atom. The molecule has 21 heavy (non-hydrogen) atoms. The molecule has 3 rings (SSSR count). The van der Waals surface area contributed by atoms with Gasteiger partial charge >= 0.3 is 5.84 Å². The average Bonchev–Trinajstić information content (AvgIpc) is 2.91. The number of hydrogen-bond acceptors (Lipinski definition) is 6. The van der Waals surface area contributed by atoms with Gasteiger partial charge in [-0.1, -0.05) is 31.0 Å². The van der Waals surface area contributed by atoms with Gasteiger partial charge in [0.15, 0.2) is 0 Å². The number of nitro groups is 1. The van der Waals surface area contributed by atoms with E-state index < -0.39 is 4.92 Å². The third-order valence-corrected chi connectivity index (χ3v) is 3.80. The van der Waals surface area contributed by atoms with Gasteiger partial charge in [-0.05, 0) is 29.9 Å². The number of nitrogens with one attached hydrogen (secondary N) is 2. The van der Waals surface area contributed by atoms with Crippen molar-refractivity contribution in [2.75, 3.05) is 5.43 Å². The van der Waals surface area contributed by atoms with Gasteiger partial charge in [0.05, 0.1) is 22.9 Å². The second-order valence-electron chi connectivity index (χ2n) is 5.25. The minimum absolute atomic E-state index is 0.149. The second kappa shape index (κ2) is 5.90. The van der Waals surface area contributed by atoms with Gasteiger partial charge in [0, 0.05) is 0 Å². The molecular formula is C14H17N5O2. The van der Waals surface area contributed by atoms with Crippen molar-refractivity contribution in [1.82, 2.24) is 5.32 Å². The third kappa shape index (κ3) is 3.01. The number of aliphatic imine (C=N–C) groups is 1. The Balaban J connectivity index is 1.77. The first-order chi connectivity index (χ1) is 10.2. The van der Waals surface area contributed by atoms with E-state index in [1.54, 1.807) is 12.1 Å². The van der Waals surface area contributed by atoms with Crippen LogP contribution in [0.1, 0.15) is 25.7 Å². The first kappa shape index (κ1) is 13.5. The summed E-state index contributed by atoms with van der Waals surface area (Å²) in [5.74, 6) is 0.0357. The lowest BCUT2D eigenvalue weighted by molar-refractivity contribution is -0.346. The molecule has 1 aliphatic heterocycles. The second-order valence-corrected chi connectivity index (χ2v) is 5.25. The molecule has 7 heteroatoms. The van der Waals surface area contributed by atoms with E-state index >= 15 is 0 Å². The molecule has 2 unspecified atom stereocenters. The Morgan fingerprint density at radius 3 is 2.81 bits per heavy atom. The van der Waals surface area contributed by atoms with Crippen LogP contribution in [-0.4, -0.2) is 28.7 Å². The molecule has 0 aromatic heterocycles. The monoisotopic (exact) mass is 287 g/mol. The van der Waals surface area contributed by atoms with Crippen LogP contribution in [-0.2, 0) is 0 Å². The van der Waals surface area contributed by atoms with Crippen LogP contribution in [0.25, 0.3) is 0 Å². The predicted molar refractivity (Wildman–Crippen MR) is 81.1 cm³/mol. The van der Waals surface area contributed by atoms with Crippen LogP contribution in [0.5, 0.6) is 0 Å². The Hall–Kier alpha value is -2.44. The summed E-state index contributed by atoms with van der Waals surface area (Å²) in [5, 5.41) is 18.3. The summed E-state index contributed by atoms with van der Waals surface area (Å²) < 4.78 is 0. The van der Waals surface area contributed by atoms with E-state index in [0.717, 1.165) is 25.7 Å². The molecular weight excluding hydrogens is 270 g/mol. The zero-order chi connectivity index (χ0) is 14.7. The molecule has 1 heterocycles. The maximum absolute atomic E-state index is 11.2. The summed E-state index contributed by atoms with van der Waals surface area (Å²) in [7, 11) is 0. The molecule has 2 aliphatic rings. The Kier molecular flexibility index (Phi) is 3.81. The van der Waals surface area contributed by atoms with Gasteiger partial charge in [0.1, 0.15) is 0 Å². The smallest absolute Gasteiger partial charge is 0.358 e. The number of hydrazone groups is 1. The van der Waals surface area contributed by atoms with Crippen molar-refractivity contribution < 1.29 is 4.92 Å². The molecule has 110 valence electrons. The summed E-state index contributed by atoms with van der Waals surface area (Å²) >= 11 is 0. The maximum Gasteiger partial charge on any atom is 0.430 e. The van der Waals surface area contributed by atoms with E-state index in [-0.39, 0.29) is 17.9 Å². The molecule has 1 aromatic rings. The van der Waals surface area contributed by atoms with Crippen LogP contribution in [0.4, 0.5) is 5.69 Å². The first-order valence-electron chi connectivity index (χ1n) is 7.12. The molecule has 1 aliphatic carbocycles. The molecule has 1 aromatic carbocycles. The van der Waals surface area contributed by atoms with E-state index in [9.17, 15) is 10.1 Å². The number of benzene rings is 1. The zero-order valence-corrected chi connectivity index (χ0v) is 11.5. The lowest BCUT2D eigenvalue weighted by Gasteiger charge is -2.22. The fourth-order valence-electron chi connectivity index (χ4n) is 2.75. The molecule has 1 saturated carbocycles. The van der Waals surface area contributed by atoms with Crippen molar-refractivity contribution in [2.24, 2.45) is 10.1 Å². The van der Waals surface area contributed by atoms with Crippen LogP contribution >= 0.6 is 0 Å². The highest BCUT2D eigenvalue weighted by molar-refractivity contribution is 6.37. The molecule has 2 N–H and O–H groups in total. The topological polar surface area (TPSA) is 91.9 Å². The van der Waals surface area contributed by atoms with Gasteiger partial charge in [-0.15, -0.1) is 0 Å². The summed E-state index contributed by atoms with van der Waals surface area (Å²) in [5.41, 5.74) is 3.41. The van der Waals surface area contributed by atoms with Crippen molar-refractivity contribution >= 4 is 17.4 Å². The van der Waals surface area contributed by atoms with Crippen molar-refractivity contribution in [3.63, 3.8) is 0 Å². The Labute approximate surface area is 122 Å². The minimum Gasteiger partial charge on any atom is -0.358 e. The Bertz CT molecular complexity index is 584. The van der Waals surface area contributed by atoms with Crippen LogP contribution in [0.3, 0.4) is 0 Å². The zero-order valence-electron chi connectivity index (χ0n) is 11.5. The van der Waals surface area contributed by atoms with Crippen molar-refractivity contribution in [2.45, 2.75) is 37.8 Å². The molecule has 0 amide bonds. The number of para-hydroxylation sites is 1. The number of amidine groups is 2. The van der Waals surface area contributed by atoms with E-state index in [2.05, 4.69) is 20.8 Å². The molecule has 0 radical (unpaired) electrons. The van der Waals surface area contributed by atoms with E-state index in [1.165, 1.54) is 0 Å². The van der Waals surface area contributed by atoms with Crippen LogP contribution in [0.15, 0.2) is 40.4 Å². The summed E-state index contributed by atoms with van der Waals surface area (Å²) in [6, 6.07) is 9.51. The van der Waals surface area contributed by atoms with E-state index in [0.29, 0.717) is 11.5 Å². The summed E-state index contributed by atoms with van der Waals surface area (Å²) in [6.45, 7) is 0. The normalized spacial score (nSPS) is 24.8. The van der Waals surface area contributed by atoms with E-state index in [4.69, 9.17) is 0 Å². The van der Waals surface area contributed by atoms with Crippen molar-refractivity contribution in [3.05, 3.63) is 40.4 Å². The summed E-state index contributed by atoms with van der Waals surface area (Å²) in [6.07, 6.45) is 4.27. The predicted octanol–water partition coefficient (Wildman–Crippen LogP) is 2.00. The van der Waals surface area contributed by atoms with Gasteiger partial charge in [0.25, 0.3) is 0 Å². The minimum atomic E-state index is -0.501. The fourth-order valence-corrected chi connectivity index (χ4v) is 2.75. The van der Waals surface area contributed by atoms with Crippen LogP contribution in [0, 0.1) is 10.1 Å². The molecule has 2 atom stereocenters. The number of hydrogen-bond donors (Lipinski definition) is 2. The number of nitrogens with zero attached hydrogens (tertiary/aromatic N) is 3. The summed E-state index contributed by atoms with van der Waals surface area (Å²) in [4.78, 5) is 15.2. The highest BCUT2D eigenvalue weighted by Crippen LogP contribution is 2.24. The molecule has 0 saturated heterocycles. The van der Waals surface area contributed by atoms with E-state index in [1.807, 2.05) is 18.2 Å². The number of anilines is 1. The molecule has 7 nitrogen and oxygen atoms in total. The highest BCUT2D eigenvalue weighted by Gasteiger charge is 2.36. The van der Waals surface area contributed by atoms with Crippen LogP contribution in [0.2, 0.25) is 0 Å². The lowest BCUT2D eigenvalue weighted by atomic mass is 9.92. The largest absolute Gasteiger partial charge is 0.430 e. The fraction of sp³-hybridized carbons (Fsp3) is 0.429. The SMILES string of the molecule is O=[N+]([O-])/C(=N/Nc1ccccc1)C1=NC2CCCCC2N1. The van der Waals surface area contributed by atoms with Crippen molar-refractivity contribution in [3.8, 4) is 0 Å². The maximum atomic E-state index is 11.2. The first-order valence-corrected chi connectivity index (χ1v) is 7.12. The Morgan fingerprint density at radius 2 is 2.10 bits per heavy atom. The quantitative estimate of drug-likeness (QED) is 0.385. The van der Waals surface area contributed by atoms with Crippen LogP contribution < -0.4 is 10.7 Å². The number of rotatable bonds is 3. The number of fused-ring (bicyclic) bond motifs is 1. The average molecular weight is 287 g/mol. The standard InChI is InChI=1S/C14H17N5O2/c20-19(21)14(18-17-10-6-2-1-3-7-10)13-15-11-8-4-5-9-12(11)16-13/h1-3,6-7,11-12,17H,4-5,8-9H2,(H,15,16)/b18-14+. The van der Waals surface area contributed by atoms with Gasteiger partial charge in [0.2, 0.25) is 5.84 Å². The lowest BCUT2D eigenvalue weighted by Crippen LogP contribution is -2.41. The van der Waals surface area contributed by atoms with Gasteiger partial charge in [-0.2, -0.15) is 5.43 Å². The highest BCUT2D eigenvalue weighted by atomic mass is 16.6. The van der Waals surface area contributed by atoms with Gasteiger partial charge < -0.3 is 15.4 Å². The third-order valence-electron chi connectivity index (χ3n) is 3.80. The van der Waals surface area contributed by atoms with Gasteiger partial charge in [-0.3, -0.25) is 4.99 Å². The molecule has 1 fully saturated rings. The van der Waals surface area contributed by atoms with Crippen molar-refractivity contribution in [1.29, 1.82) is 0 Å². The molecule has 0 spiro atoms.